The van der Waals surface area contributed by atoms with Gasteiger partial charge in [-0.1, -0.05) is 23.7 Å². The molecule has 0 unspecified atom stereocenters. The van der Waals surface area contributed by atoms with Gasteiger partial charge in [-0.2, -0.15) is 0 Å². The Labute approximate surface area is 145 Å². The van der Waals surface area contributed by atoms with Crippen molar-refractivity contribution < 1.29 is 65.7 Å². The normalized spacial score (nSPS) is 9.71. The Morgan fingerprint density at radius 1 is 1.41 bits per heavy atom. The van der Waals surface area contributed by atoms with Gasteiger partial charge in [0.1, 0.15) is 5.97 Å². The maximum absolute atomic E-state index is 10.4. The largest absolute Gasteiger partial charge is 1.00 e. The first-order valence-electron chi connectivity index (χ1n) is 4.43. The molecule has 2 aromatic rings. The van der Waals surface area contributed by atoms with Crippen LogP contribution in [-0.2, 0) is 6.42 Å². The Hall–Kier alpha value is -0.244. The van der Waals surface area contributed by atoms with Gasteiger partial charge in [0.05, 0.1) is 6.42 Å². The summed E-state index contributed by atoms with van der Waals surface area (Å²) < 4.78 is 4.86. The third-order valence-corrected chi connectivity index (χ3v) is 2.12. The van der Waals surface area contributed by atoms with Gasteiger partial charge < -0.3 is 14.3 Å². The fourth-order valence-corrected chi connectivity index (χ4v) is 1.44. The molecule has 82 valence electrons. The summed E-state index contributed by atoms with van der Waals surface area (Å²) in [4.78, 5) is 10.4. The molecule has 1 aromatic heterocycles. The number of rotatable bonds is 3. The van der Waals surface area contributed by atoms with Gasteiger partial charge in [-0.05, 0) is 17.7 Å². The number of hydrogen-bond donors (Lipinski definition) is 0. The molecular formula is C10H6ClKN2O3. The van der Waals surface area contributed by atoms with E-state index in [2.05, 4.69) is 10.2 Å². The van der Waals surface area contributed by atoms with Crippen LogP contribution < -0.4 is 56.5 Å². The van der Waals surface area contributed by atoms with Gasteiger partial charge in [0.15, 0.2) is 0 Å². The molecule has 1 heterocycles. The number of aromatic carboxylic acids is 1. The molecule has 17 heavy (non-hydrogen) atoms. The summed E-state index contributed by atoms with van der Waals surface area (Å²) in [5, 5.41) is 17.9. The molecule has 0 aliphatic rings. The summed E-state index contributed by atoms with van der Waals surface area (Å²) in [6.07, 6.45) is 0.334. The molecule has 0 saturated carbocycles. The second kappa shape index (κ2) is 6.63. The van der Waals surface area contributed by atoms with E-state index in [1.165, 1.54) is 0 Å². The van der Waals surface area contributed by atoms with Crippen molar-refractivity contribution in [3.8, 4) is 0 Å². The molecule has 0 amide bonds. The van der Waals surface area contributed by atoms with Crippen LogP contribution >= 0.6 is 11.6 Å². The number of halogens is 1. The summed E-state index contributed by atoms with van der Waals surface area (Å²) in [5.41, 5.74) is 0.862. The van der Waals surface area contributed by atoms with E-state index in [-0.39, 0.29) is 57.3 Å². The Morgan fingerprint density at radius 3 is 2.76 bits per heavy atom. The minimum absolute atomic E-state index is 0. The molecular weight excluding hydrogens is 271 g/mol. The molecule has 1 aromatic carbocycles. The van der Waals surface area contributed by atoms with Crippen LogP contribution in [-0.4, -0.2) is 16.2 Å². The van der Waals surface area contributed by atoms with E-state index < -0.39 is 11.9 Å². The average molecular weight is 277 g/mol. The van der Waals surface area contributed by atoms with Crippen molar-refractivity contribution in [1.29, 1.82) is 0 Å². The van der Waals surface area contributed by atoms with E-state index in [1.807, 2.05) is 6.07 Å². The molecule has 0 saturated heterocycles. The first-order chi connectivity index (χ1) is 7.65. The van der Waals surface area contributed by atoms with E-state index in [0.717, 1.165) is 5.56 Å². The predicted octanol–water partition coefficient (Wildman–Crippen LogP) is -2.32. The van der Waals surface area contributed by atoms with Crippen LogP contribution in [0.1, 0.15) is 22.1 Å². The van der Waals surface area contributed by atoms with E-state index in [1.54, 1.807) is 18.2 Å². The van der Waals surface area contributed by atoms with Crippen LogP contribution in [0.4, 0.5) is 0 Å². The van der Waals surface area contributed by atoms with Gasteiger partial charge in [-0.15, -0.1) is 10.2 Å². The summed E-state index contributed by atoms with van der Waals surface area (Å²) >= 11 is 5.80. The average Bonchev–Trinajstić information content (AvgIpc) is 2.66. The van der Waals surface area contributed by atoms with Crippen molar-refractivity contribution in [2.24, 2.45) is 0 Å². The summed E-state index contributed by atoms with van der Waals surface area (Å²) in [7, 11) is 0. The van der Waals surface area contributed by atoms with Crippen molar-refractivity contribution in [1.82, 2.24) is 10.2 Å². The van der Waals surface area contributed by atoms with Gasteiger partial charge in [-0.3, -0.25) is 0 Å². The molecule has 0 radical (unpaired) electrons. The number of carbonyl (C=O) groups excluding carboxylic acids is 1. The monoisotopic (exact) mass is 276 g/mol. The van der Waals surface area contributed by atoms with E-state index in [4.69, 9.17) is 16.0 Å². The predicted molar refractivity (Wildman–Crippen MR) is 52.9 cm³/mol. The molecule has 0 aliphatic heterocycles. The van der Waals surface area contributed by atoms with Gasteiger partial charge in [0.2, 0.25) is 5.89 Å². The molecule has 0 fully saturated rings. The minimum atomic E-state index is -1.48. The Balaban J connectivity index is 0.00000144. The van der Waals surface area contributed by atoms with E-state index >= 15 is 0 Å². The van der Waals surface area contributed by atoms with Crippen molar-refractivity contribution in [2.75, 3.05) is 0 Å². The van der Waals surface area contributed by atoms with Crippen molar-refractivity contribution in [3.63, 3.8) is 0 Å². The topological polar surface area (TPSA) is 79.0 Å². The Morgan fingerprint density at radius 2 is 2.18 bits per heavy atom. The van der Waals surface area contributed by atoms with E-state index in [0.29, 0.717) is 11.4 Å². The Kier molecular flexibility index (Phi) is 5.77. The van der Waals surface area contributed by atoms with E-state index in [9.17, 15) is 9.90 Å². The SMILES string of the molecule is O=C([O-])c1nnc(Cc2cccc(Cl)c2)o1.[K+]. The molecule has 5 nitrogen and oxygen atoms in total. The third kappa shape index (κ3) is 4.16. The molecule has 0 aliphatic carbocycles. The van der Waals surface area contributed by atoms with Gasteiger partial charge in [0, 0.05) is 5.02 Å². The molecule has 0 atom stereocenters. The first-order valence-corrected chi connectivity index (χ1v) is 4.81. The number of nitrogens with zero attached hydrogens (tertiary/aromatic N) is 2. The summed E-state index contributed by atoms with van der Waals surface area (Å²) in [6.45, 7) is 0. The van der Waals surface area contributed by atoms with Gasteiger partial charge >= 0.3 is 51.4 Å². The maximum Gasteiger partial charge on any atom is 1.00 e. The molecule has 7 heteroatoms. The number of carboxylic acids is 1. The van der Waals surface area contributed by atoms with Crippen molar-refractivity contribution in [3.05, 3.63) is 46.6 Å². The second-order valence-corrected chi connectivity index (χ2v) is 3.53. The smallest absolute Gasteiger partial charge is 0.540 e. The molecule has 0 bridgehead atoms. The van der Waals surface area contributed by atoms with Crippen LogP contribution in [0.2, 0.25) is 5.02 Å². The number of hydrogen-bond acceptors (Lipinski definition) is 5. The zero-order chi connectivity index (χ0) is 11.5. The first kappa shape index (κ1) is 14.8. The van der Waals surface area contributed by atoms with Crippen LogP contribution in [0.5, 0.6) is 0 Å². The standard InChI is InChI=1S/C10H7ClN2O3.K/c11-7-3-1-2-6(4-7)5-8-12-13-9(16-8)10(14)15;/h1-4H,5H2,(H,14,15);/q;+1/p-1. The fraction of sp³-hybridized carbons (Fsp3) is 0.100. The number of benzene rings is 1. The summed E-state index contributed by atoms with van der Waals surface area (Å²) in [6, 6.07) is 7.10. The van der Waals surface area contributed by atoms with Gasteiger partial charge in [0.25, 0.3) is 5.89 Å². The summed E-state index contributed by atoms with van der Waals surface area (Å²) in [5.74, 6) is -1.79. The van der Waals surface area contributed by atoms with Crippen molar-refractivity contribution in [2.45, 2.75) is 6.42 Å². The van der Waals surface area contributed by atoms with Crippen LogP contribution in [0, 0.1) is 0 Å². The maximum atomic E-state index is 10.4. The van der Waals surface area contributed by atoms with Crippen LogP contribution in [0.25, 0.3) is 0 Å². The Bertz CT molecular complexity index is 530. The molecule has 0 N–H and O–H groups in total. The minimum Gasteiger partial charge on any atom is -0.540 e. The second-order valence-electron chi connectivity index (χ2n) is 3.10. The molecule has 2 rings (SSSR count). The third-order valence-electron chi connectivity index (χ3n) is 1.89. The zero-order valence-electron chi connectivity index (χ0n) is 9.01. The van der Waals surface area contributed by atoms with Crippen molar-refractivity contribution >= 4 is 17.6 Å². The number of aromatic nitrogens is 2. The van der Waals surface area contributed by atoms with Gasteiger partial charge in [-0.25, -0.2) is 0 Å². The van der Waals surface area contributed by atoms with Crippen LogP contribution in [0.3, 0.4) is 0 Å². The quantitative estimate of drug-likeness (QED) is 0.588. The fourth-order valence-electron chi connectivity index (χ4n) is 1.23. The zero-order valence-corrected chi connectivity index (χ0v) is 12.9. The van der Waals surface area contributed by atoms with Crippen LogP contribution in [0.15, 0.2) is 28.7 Å². The molecule has 0 spiro atoms. The number of carboxylic acid groups (broad SMARTS) is 1. The number of carbonyl (C=O) groups is 1.